The average Bonchev–Trinajstić information content (AvgIpc) is 2.96. The molecule has 4 rings (SSSR count). The third-order valence-corrected chi connectivity index (χ3v) is 5.36. The highest BCUT2D eigenvalue weighted by atomic mass is 32.1. The van der Waals surface area contributed by atoms with Crippen molar-refractivity contribution in [3.05, 3.63) is 71.3 Å². The van der Waals surface area contributed by atoms with Crippen LogP contribution in [-0.4, -0.2) is 10.9 Å². The molecule has 0 saturated heterocycles. The zero-order valence-electron chi connectivity index (χ0n) is 14.2. The Morgan fingerprint density at radius 1 is 1.00 bits per heavy atom. The molecular formula is C21H18N2OS. The van der Waals surface area contributed by atoms with Crippen molar-refractivity contribution < 1.29 is 4.79 Å². The van der Waals surface area contributed by atoms with Gasteiger partial charge >= 0.3 is 0 Å². The van der Waals surface area contributed by atoms with Gasteiger partial charge in [-0.15, -0.1) is 0 Å². The minimum atomic E-state index is -0.0391. The summed E-state index contributed by atoms with van der Waals surface area (Å²) in [6, 6.07) is 18.5. The number of benzene rings is 3. The SMILES string of the molecule is Cc1cc2nc(NC(=O)Cc3ccc4ccccc4c3)sc2cc1C. The van der Waals surface area contributed by atoms with Gasteiger partial charge < -0.3 is 5.32 Å². The molecule has 0 aliphatic rings. The van der Waals surface area contributed by atoms with E-state index < -0.39 is 0 Å². The molecule has 0 aliphatic heterocycles. The fourth-order valence-corrected chi connectivity index (χ4v) is 3.89. The number of anilines is 1. The fourth-order valence-electron chi connectivity index (χ4n) is 2.93. The van der Waals surface area contributed by atoms with Gasteiger partial charge in [0.05, 0.1) is 16.6 Å². The van der Waals surface area contributed by atoms with Crippen molar-refractivity contribution in [1.82, 2.24) is 4.98 Å². The molecule has 0 fully saturated rings. The van der Waals surface area contributed by atoms with Gasteiger partial charge in [-0.1, -0.05) is 53.8 Å². The highest BCUT2D eigenvalue weighted by Crippen LogP contribution is 2.28. The topological polar surface area (TPSA) is 42.0 Å². The predicted octanol–water partition coefficient (Wildman–Crippen LogP) is 5.25. The second-order valence-corrected chi connectivity index (χ2v) is 7.36. The van der Waals surface area contributed by atoms with E-state index in [0.29, 0.717) is 11.6 Å². The normalized spacial score (nSPS) is 11.1. The van der Waals surface area contributed by atoms with Gasteiger partial charge in [-0.2, -0.15) is 0 Å². The molecule has 0 unspecified atom stereocenters. The lowest BCUT2D eigenvalue weighted by Gasteiger charge is -2.04. The van der Waals surface area contributed by atoms with Crippen LogP contribution in [0.4, 0.5) is 5.13 Å². The summed E-state index contributed by atoms with van der Waals surface area (Å²) in [5.74, 6) is -0.0391. The Kier molecular flexibility index (Phi) is 3.98. The lowest BCUT2D eigenvalue weighted by molar-refractivity contribution is -0.115. The summed E-state index contributed by atoms with van der Waals surface area (Å²) in [4.78, 5) is 16.9. The third kappa shape index (κ3) is 3.26. The van der Waals surface area contributed by atoms with E-state index in [0.717, 1.165) is 21.2 Å². The molecule has 4 aromatic rings. The molecule has 4 heteroatoms. The number of aromatic nitrogens is 1. The largest absolute Gasteiger partial charge is 0.302 e. The van der Waals surface area contributed by atoms with Crippen LogP contribution >= 0.6 is 11.3 Å². The number of nitrogens with one attached hydrogen (secondary N) is 1. The molecule has 0 spiro atoms. The first-order valence-electron chi connectivity index (χ1n) is 8.24. The Bertz CT molecular complexity index is 1060. The molecular weight excluding hydrogens is 328 g/mol. The van der Waals surface area contributed by atoms with Crippen LogP contribution in [0.3, 0.4) is 0 Å². The first-order chi connectivity index (χ1) is 12.1. The molecule has 1 amide bonds. The number of hydrogen-bond acceptors (Lipinski definition) is 3. The maximum absolute atomic E-state index is 12.4. The summed E-state index contributed by atoms with van der Waals surface area (Å²) in [5.41, 5.74) is 4.40. The van der Waals surface area contributed by atoms with Gasteiger partial charge in [-0.05, 0) is 53.4 Å². The number of carbonyl (C=O) groups is 1. The Labute approximate surface area is 150 Å². The molecule has 3 nitrogen and oxygen atoms in total. The molecule has 1 aromatic heterocycles. The van der Waals surface area contributed by atoms with Crippen molar-refractivity contribution in [2.75, 3.05) is 5.32 Å². The number of thiazole rings is 1. The number of rotatable bonds is 3. The monoisotopic (exact) mass is 346 g/mol. The molecule has 0 saturated carbocycles. The molecule has 1 N–H and O–H groups in total. The van der Waals surface area contributed by atoms with Crippen LogP contribution in [-0.2, 0) is 11.2 Å². The smallest absolute Gasteiger partial charge is 0.230 e. The van der Waals surface area contributed by atoms with Crippen molar-refractivity contribution in [1.29, 1.82) is 0 Å². The van der Waals surface area contributed by atoms with Crippen molar-refractivity contribution in [2.24, 2.45) is 0 Å². The van der Waals surface area contributed by atoms with Crippen LogP contribution in [0.1, 0.15) is 16.7 Å². The molecule has 0 bridgehead atoms. The zero-order chi connectivity index (χ0) is 17.4. The van der Waals surface area contributed by atoms with Crippen molar-refractivity contribution in [3.63, 3.8) is 0 Å². The van der Waals surface area contributed by atoms with Gasteiger partial charge in [0.25, 0.3) is 0 Å². The minimum Gasteiger partial charge on any atom is -0.302 e. The number of amides is 1. The third-order valence-electron chi connectivity index (χ3n) is 4.43. The van der Waals surface area contributed by atoms with Crippen LogP contribution in [0.15, 0.2) is 54.6 Å². The molecule has 0 radical (unpaired) electrons. The quantitative estimate of drug-likeness (QED) is 0.551. The van der Waals surface area contributed by atoms with Gasteiger partial charge in [-0.25, -0.2) is 4.98 Å². The Hall–Kier alpha value is -2.72. The number of fused-ring (bicyclic) bond motifs is 2. The Morgan fingerprint density at radius 3 is 2.60 bits per heavy atom. The van der Waals surface area contributed by atoms with E-state index >= 15 is 0 Å². The van der Waals surface area contributed by atoms with E-state index in [4.69, 9.17) is 0 Å². The first kappa shape index (κ1) is 15.8. The summed E-state index contributed by atoms with van der Waals surface area (Å²) in [7, 11) is 0. The van der Waals surface area contributed by atoms with E-state index in [1.807, 2.05) is 18.2 Å². The van der Waals surface area contributed by atoms with Crippen molar-refractivity contribution in [3.8, 4) is 0 Å². The molecule has 25 heavy (non-hydrogen) atoms. The average molecular weight is 346 g/mol. The fraction of sp³-hybridized carbons (Fsp3) is 0.143. The first-order valence-corrected chi connectivity index (χ1v) is 9.05. The van der Waals surface area contributed by atoms with Gasteiger partial charge in [-0.3, -0.25) is 4.79 Å². The number of nitrogens with zero attached hydrogens (tertiary/aromatic N) is 1. The maximum Gasteiger partial charge on any atom is 0.230 e. The van der Waals surface area contributed by atoms with E-state index in [1.165, 1.54) is 27.8 Å². The highest BCUT2D eigenvalue weighted by molar-refractivity contribution is 7.22. The number of aryl methyl sites for hydroxylation is 2. The van der Waals surface area contributed by atoms with Crippen molar-refractivity contribution in [2.45, 2.75) is 20.3 Å². The van der Waals surface area contributed by atoms with E-state index in [1.54, 1.807) is 0 Å². The maximum atomic E-state index is 12.4. The Morgan fingerprint density at radius 2 is 1.76 bits per heavy atom. The van der Waals surface area contributed by atoms with Crippen LogP contribution in [0, 0.1) is 13.8 Å². The zero-order valence-corrected chi connectivity index (χ0v) is 15.0. The van der Waals surface area contributed by atoms with E-state index in [-0.39, 0.29) is 5.91 Å². The molecule has 124 valence electrons. The lowest BCUT2D eigenvalue weighted by Crippen LogP contribution is -2.14. The highest BCUT2D eigenvalue weighted by Gasteiger charge is 2.10. The number of carbonyl (C=O) groups excluding carboxylic acids is 1. The van der Waals surface area contributed by atoms with Crippen LogP contribution in [0.25, 0.3) is 21.0 Å². The van der Waals surface area contributed by atoms with Crippen LogP contribution in [0.5, 0.6) is 0 Å². The molecule has 0 atom stereocenters. The summed E-state index contributed by atoms with van der Waals surface area (Å²) in [6.07, 6.45) is 0.346. The standard InChI is InChI=1S/C21H18N2OS/c1-13-9-18-19(10-14(13)2)25-21(22-18)23-20(24)12-15-7-8-16-5-3-4-6-17(16)11-15/h3-11H,12H2,1-2H3,(H,22,23,24). The summed E-state index contributed by atoms with van der Waals surface area (Å²) < 4.78 is 1.10. The van der Waals surface area contributed by atoms with Crippen molar-refractivity contribution >= 4 is 43.4 Å². The molecule has 0 aliphatic carbocycles. The summed E-state index contributed by atoms with van der Waals surface area (Å²) in [6.45, 7) is 4.17. The second-order valence-electron chi connectivity index (χ2n) is 6.33. The predicted molar refractivity (Wildman–Crippen MR) is 105 cm³/mol. The number of hydrogen-bond donors (Lipinski definition) is 1. The molecule has 1 heterocycles. The van der Waals surface area contributed by atoms with E-state index in [2.05, 4.69) is 60.5 Å². The minimum absolute atomic E-state index is 0.0391. The van der Waals surface area contributed by atoms with Crippen LogP contribution < -0.4 is 5.32 Å². The van der Waals surface area contributed by atoms with Gasteiger partial charge in [0.2, 0.25) is 5.91 Å². The Balaban J connectivity index is 1.53. The summed E-state index contributed by atoms with van der Waals surface area (Å²) in [5, 5.41) is 5.93. The van der Waals surface area contributed by atoms with E-state index in [9.17, 15) is 4.79 Å². The van der Waals surface area contributed by atoms with Crippen LogP contribution in [0.2, 0.25) is 0 Å². The summed E-state index contributed by atoms with van der Waals surface area (Å²) >= 11 is 1.52. The van der Waals surface area contributed by atoms with Gasteiger partial charge in [0.15, 0.2) is 5.13 Å². The molecule has 3 aromatic carbocycles. The van der Waals surface area contributed by atoms with Gasteiger partial charge in [0, 0.05) is 0 Å². The second kappa shape index (κ2) is 6.30. The lowest BCUT2D eigenvalue weighted by atomic mass is 10.1. The van der Waals surface area contributed by atoms with Gasteiger partial charge in [0.1, 0.15) is 0 Å².